The molecule has 2 saturated heterocycles. The number of hydrogen-bond acceptors (Lipinski definition) is 3. The number of nitrogens with one attached hydrogen (secondary N) is 1. The Bertz CT molecular complexity index is 274. The van der Waals surface area contributed by atoms with Crippen LogP contribution in [0.1, 0.15) is 47.0 Å². The molecule has 0 saturated carbocycles. The van der Waals surface area contributed by atoms with E-state index < -0.39 is 0 Å². The summed E-state index contributed by atoms with van der Waals surface area (Å²) < 4.78 is 5.82. The molecule has 2 heterocycles. The molecule has 2 aliphatic rings. The smallest absolute Gasteiger partial charge is 0.0674 e. The summed E-state index contributed by atoms with van der Waals surface area (Å²) in [7, 11) is 0. The lowest BCUT2D eigenvalue weighted by Gasteiger charge is -2.45. The number of hydrogen-bond donors (Lipinski definition) is 1. The van der Waals surface area contributed by atoms with Gasteiger partial charge in [0, 0.05) is 19.1 Å². The van der Waals surface area contributed by atoms with Gasteiger partial charge in [0.15, 0.2) is 0 Å². The fraction of sp³-hybridized carbons (Fsp3) is 1.00. The molecule has 0 aromatic heterocycles. The highest BCUT2D eigenvalue weighted by molar-refractivity contribution is 4.88. The van der Waals surface area contributed by atoms with Crippen LogP contribution in [0.3, 0.4) is 0 Å². The Kier molecular flexibility index (Phi) is 5.27. The highest BCUT2D eigenvalue weighted by atomic mass is 16.5. The zero-order chi connectivity index (χ0) is 13.9. The van der Waals surface area contributed by atoms with E-state index in [-0.39, 0.29) is 0 Å². The van der Waals surface area contributed by atoms with Gasteiger partial charge in [0.1, 0.15) is 0 Å². The molecule has 2 rings (SSSR count). The van der Waals surface area contributed by atoms with E-state index in [1.54, 1.807) is 0 Å². The van der Waals surface area contributed by atoms with Crippen LogP contribution in [-0.2, 0) is 4.74 Å². The molecular weight excluding hydrogens is 236 g/mol. The first-order chi connectivity index (χ1) is 9.03. The summed E-state index contributed by atoms with van der Waals surface area (Å²) in [6.45, 7) is 15.0. The van der Waals surface area contributed by atoms with E-state index >= 15 is 0 Å². The summed E-state index contributed by atoms with van der Waals surface area (Å²) in [5.41, 5.74) is 0.401. The van der Waals surface area contributed by atoms with Crippen molar-refractivity contribution in [1.29, 1.82) is 0 Å². The first-order valence-corrected chi connectivity index (χ1v) is 8.09. The second-order valence-electron chi connectivity index (χ2n) is 7.17. The number of rotatable bonds is 4. The van der Waals surface area contributed by atoms with Gasteiger partial charge in [-0.1, -0.05) is 20.8 Å². The van der Waals surface area contributed by atoms with E-state index in [0.29, 0.717) is 17.6 Å². The molecule has 3 heteroatoms. The minimum atomic E-state index is 0.392. The molecule has 2 aliphatic heterocycles. The maximum absolute atomic E-state index is 5.82. The Morgan fingerprint density at radius 2 is 2.16 bits per heavy atom. The molecule has 0 spiro atoms. The highest BCUT2D eigenvalue weighted by Gasteiger charge is 2.35. The maximum atomic E-state index is 5.82. The van der Waals surface area contributed by atoms with E-state index in [1.807, 2.05) is 0 Å². The van der Waals surface area contributed by atoms with Gasteiger partial charge in [-0.3, -0.25) is 4.90 Å². The minimum absolute atomic E-state index is 0.392. The first kappa shape index (κ1) is 15.3. The monoisotopic (exact) mass is 268 g/mol. The predicted octanol–water partition coefficient (Wildman–Crippen LogP) is 2.51. The molecule has 112 valence electrons. The van der Waals surface area contributed by atoms with Crippen molar-refractivity contribution >= 4 is 0 Å². The topological polar surface area (TPSA) is 24.5 Å². The van der Waals surface area contributed by atoms with Gasteiger partial charge in [0.25, 0.3) is 0 Å². The summed E-state index contributed by atoms with van der Waals surface area (Å²) in [4.78, 5) is 2.68. The van der Waals surface area contributed by atoms with Gasteiger partial charge in [-0.2, -0.15) is 0 Å². The molecule has 0 aromatic carbocycles. The highest BCUT2D eigenvalue weighted by Crippen LogP contribution is 2.34. The molecule has 0 aliphatic carbocycles. The lowest BCUT2D eigenvalue weighted by atomic mass is 9.74. The third-order valence-corrected chi connectivity index (χ3v) is 5.07. The van der Waals surface area contributed by atoms with Crippen LogP contribution in [0.4, 0.5) is 0 Å². The van der Waals surface area contributed by atoms with Crippen molar-refractivity contribution in [2.45, 2.75) is 59.1 Å². The standard InChI is InChI=1S/C16H32N2O/c1-5-15-11-19-13(2)10-18(15)12-16(3,4)14-7-6-8-17-9-14/h13-15,17H,5-12H2,1-4H3. The molecule has 3 unspecified atom stereocenters. The second-order valence-corrected chi connectivity index (χ2v) is 7.17. The average molecular weight is 268 g/mol. The average Bonchev–Trinajstić information content (AvgIpc) is 2.39. The molecule has 0 aromatic rings. The lowest BCUT2D eigenvalue weighted by Crippen LogP contribution is -2.53. The van der Waals surface area contributed by atoms with Crippen molar-refractivity contribution in [3.63, 3.8) is 0 Å². The zero-order valence-corrected chi connectivity index (χ0v) is 13.2. The van der Waals surface area contributed by atoms with Gasteiger partial charge in [-0.05, 0) is 50.6 Å². The molecule has 1 N–H and O–H groups in total. The Labute approximate surface area is 119 Å². The molecule has 3 atom stereocenters. The van der Waals surface area contributed by atoms with Crippen molar-refractivity contribution in [2.75, 3.05) is 32.8 Å². The third-order valence-electron chi connectivity index (χ3n) is 5.07. The van der Waals surface area contributed by atoms with Gasteiger partial charge in [0.2, 0.25) is 0 Å². The van der Waals surface area contributed by atoms with Gasteiger partial charge in [0.05, 0.1) is 12.7 Å². The molecule has 2 fully saturated rings. The Balaban J connectivity index is 1.96. The molecule has 3 nitrogen and oxygen atoms in total. The number of nitrogens with zero attached hydrogens (tertiary/aromatic N) is 1. The van der Waals surface area contributed by atoms with Gasteiger partial charge >= 0.3 is 0 Å². The summed E-state index contributed by atoms with van der Waals surface area (Å²) >= 11 is 0. The summed E-state index contributed by atoms with van der Waals surface area (Å²) in [6.07, 6.45) is 4.32. The van der Waals surface area contributed by atoms with Crippen molar-refractivity contribution in [2.24, 2.45) is 11.3 Å². The predicted molar refractivity (Wildman–Crippen MR) is 80.4 cm³/mol. The third kappa shape index (κ3) is 3.93. The lowest BCUT2D eigenvalue weighted by molar-refractivity contribution is -0.0725. The summed E-state index contributed by atoms with van der Waals surface area (Å²) in [5, 5.41) is 3.57. The van der Waals surface area contributed by atoms with Gasteiger partial charge < -0.3 is 10.1 Å². The minimum Gasteiger partial charge on any atom is -0.376 e. The van der Waals surface area contributed by atoms with E-state index in [4.69, 9.17) is 4.74 Å². The van der Waals surface area contributed by atoms with Crippen molar-refractivity contribution in [3.8, 4) is 0 Å². The SMILES string of the molecule is CCC1COC(C)CN1CC(C)(C)C1CCCNC1. The normalized spacial score (nSPS) is 34.4. The first-order valence-electron chi connectivity index (χ1n) is 8.09. The van der Waals surface area contributed by atoms with Crippen LogP contribution >= 0.6 is 0 Å². The Morgan fingerprint density at radius 3 is 2.79 bits per heavy atom. The largest absolute Gasteiger partial charge is 0.376 e. The van der Waals surface area contributed by atoms with Crippen LogP contribution in [0.5, 0.6) is 0 Å². The van der Waals surface area contributed by atoms with Crippen LogP contribution in [0, 0.1) is 11.3 Å². The fourth-order valence-electron chi connectivity index (χ4n) is 3.65. The van der Waals surface area contributed by atoms with Crippen molar-refractivity contribution in [1.82, 2.24) is 10.2 Å². The Morgan fingerprint density at radius 1 is 1.37 bits per heavy atom. The molecule has 0 radical (unpaired) electrons. The van der Waals surface area contributed by atoms with E-state index in [0.717, 1.165) is 19.1 Å². The fourth-order valence-corrected chi connectivity index (χ4v) is 3.65. The van der Waals surface area contributed by atoms with E-state index in [9.17, 15) is 0 Å². The van der Waals surface area contributed by atoms with Crippen molar-refractivity contribution < 1.29 is 4.74 Å². The zero-order valence-electron chi connectivity index (χ0n) is 13.2. The molecule has 0 amide bonds. The van der Waals surface area contributed by atoms with Crippen LogP contribution in [0.2, 0.25) is 0 Å². The van der Waals surface area contributed by atoms with Crippen molar-refractivity contribution in [3.05, 3.63) is 0 Å². The van der Waals surface area contributed by atoms with Gasteiger partial charge in [-0.25, -0.2) is 0 Å². The molecule has 19 heavy (non-hydrogen) atoms. The van der Waals surface area contributed by atoms with Crippen LogP contribution in [0.25, 0.3) is 0 Å². The summed E-state index contributed by atoms with van der Waals surface area (Å²) in [6, 6.07) is 0.618. The maximum Gasteiger partial charge on any atom is 0.0674 e. The number of ether oxygens (including phenoxy) is 1. The number of piperidine rings is 1. The molecule has 0 bridgehead atoms. The second kappa shape index (κ2) is 6.55. The summed E-state index contributed by atoms with van der Waals surface area (Å²) in [5.74, 6) is 0.817. The van der Waals surface area contributed by atoms with E-state index in [2.05, 4.69) is 37.9 Å². The quantitative estimate of drug-likeness (QED) is 0.848. The van der Waals surface area contributed by atoms with Gasteiger partial charge in [-0.15, -0.1) is 0 Å². The van der Waals surface area contributed by atoms with Crippen LogP contribution in [0.15, 0.2) is 0 Å². The van der Waals surface area contributed by atoms with E-state index in [1.165, 1.54) is 38.9 Å². The van der Waals surface area contributed by atoms with Crippen LogP contribution in [-0.4, -0.2) is 49.8 Å². The molecular formula is C16H32N2O. The van der Waals surface area contributed by atoms with Crippen LogP contribution < -0.4 is 5.32 Å². The Hall–Kier alpha value is -0.120. The number of morpholine rings is 1.